The first-order valence-electron chi connectivity index (χ1n) is 9.68. The molecule has 3 heteroatoms. The van der Waals surface area contributed by atoms with Crippen LogP contribution in [0.15, 0.2) is 42.5 Å². The summed E-state index contributed by atoms with van der Waals surface area (Å²) < 4.78 is 0. The zero-order valence-corrected chi connectivity index (χ0v) is 15.3. The first-order valence-corrected chi connectivity index (χ1v) is 9.68. The van der Waals surface area contributed by atoms with Gasteiger partial charge in [0.05, 0.1) is 0 Å². The van der Waals surface area contributed by atoms with E-state index in [9.17, 15) is 9.59 Å². The van der Waals surface area contributed by atoms with E-state index in [0.717, 1.165) is 47.9 Å². The lowest BCUT2D eigenvalue weighted by Crippen LogP contribution is -2.25. The Morgan fingerprint density at radius 1 is 0.885 bits per heavy atom. The maximum Gasteiger partial charge on any atom is 0.251 e. The van der Waals surface area contributed by atoms with Crippen molar-refractivity contribution in [1.29, 1.82) is 0 Å². The largest absolute Gasteiger partial charge is 0.349 e. The van der Waals surface area contributed by atoms with Crippen LogP contribution in [0.25, 0.3) is 11.1 Å². The molecule has 0 heterocycles. The van der Waals surface area contributed by atoms with Crippen LogP contribution >= 0.6 is 0 Å². The predicted molar refractivity (Wildman–Crippen MR) is 103 cm³/mol. The monoisotopic (exact) mass is 347 g/mol. The molecule has 0 atom stereocenters. The van der Waals surface area contributed by atoms with Crippen molar-refractivity contribution in [1.82, 2.24) is 5.32 Å². The van der Waals surface area contributed by atoms with Crippen molar-refractivity contribution in [2.45, 2.75) is 51.5 Å². The summed E-state index contributed by atoms with van der Waals surface area (Å²) in [5, 5.41) is 3.04. The van der Waals surface area contributed by atoms with E-state index in [0.29, 0.717) is 11.6 Å². The van der Waals surface area contributed by atoms with Gasteiger partial charge in [-0.2, -0.15) is 0 Å². The lowest BCUT2D eigenvalue weighted by Gasteiger charge is -2.11. The normalized spacial score (nSPS) is 17.3. The molecule has 0 bridgehead atoms. The molecule has 2 saturated carbocycles. The molecule has 26 heavy (non-hydrogen) atoms. The molecule has 2 fully saturated rings. The summed E-state index contributed by atoms with van der Waals surface area (Å²) in [7, 11) is 0. The highest BCUT2D eigenvalue weighted by atomic mass is 16.1. The second-order valence-electron chi connectivity index (χ2n) is 7.70. The van der Waals surface area contributed by atoms with Crippen molar-refractivity contribution in [2.24, 2.45) is 5.92 Å². The fraction of sp³-hybridized carbons (Fsp3) is 0.391. The van der Waals surface area contributed by atoms with Gasteiger partial charge in [-0.15, -0.1) is 0 Å². The molecule has 2 aliphatic rings. The van der Waals surface area contributed by atoms with Crippen LogP contribution in [0.4, 0.5) is 0 Å². The Morgan fingerprint density at radius 2 is 1.54 bits per heavy atom. The SMILES string of the molecule is Cc1ccc(C(=O)NC2CC2)cc1-c1ccc(C(=O)C2CCCC2)cc1. The maximum atomic E-state index is 12.6. The van der Waals surface area contributed by atoms with Gasteiger partial charge in [0.25, 0.3) is 5.91 Å². The summed E-state index contributed by atoms with van der Waals surface area (Å²) in [4.78, 5) is 24.9. The van der Waals surface area contributed by atoms with Gasteiger partial charge in [0.15, 0.2) is 5.78 Å². The molecule has 0 saturated heterocycles. The van der Waals surface area contributed by atoms with Crippen molar-refractivity contribution in [3.8, 4) is 11.1 Å². The number of carbonyl (C=O) groups excluding carboxylic acids is 2. The van der Waals surface area contributed by atoms with Crippen LogP contribution in [0.1, 0.15) is 64.8 Å². The average Bonchev–Trinajstić information content (AvgIpc) is 3.30. The predicted octanol–water partition coefficient (Wildman–Crippen LogP) is 4.93. The van der Waals surface area contributed by atoms with Crippen LogP contribution in [0, 0.1) is 12.8 Å². The van der Waals surface area contributed by atoms with Crippen LogP contribution in [-0.2, 0) is 0 Å². The van der Waals surface area contributed by atoms with Crippen LogP contribution < -0.4 is 5.32 Å². The van der Waals surface area contributed by atoms with E-state index in [1.54, 1.807) is 0 Å². The number of rotatable bonds is 5. The van der Waals surface area contributed by atoms with Gasteiger partial charge in [-0.25, -0.2) is 0 Å². The third-order valence-corrected chi connectivity index (χ3v) is 5.62. The Kier molecular flexibility index (Phi) is 4.62. The molecular weight excluding hydrogens is 322 g/mol. The van der Waals surface area contributed by atoms with Crippen LogP contribution in [0.2, 0.25) is 0 Å². The van der Waals surface area contributed by atoms with Crippen LogP contribution in [0.5, 0.6) is 0 Å². The van der Waals surface area contributed by atoms with E-state index in [2.05, 4.69) is 12.2 Å². The smallest absolute Gasteiger partial charge is 0.251 e. The van der Waals surface area contributed by atoms with Gasteiger partial charge < -0.3 is 5.32 Å². The Bertz CT molecular complexity index is 828. The third-order valence-electron chi connectivity index (χ3n) is 5.62. The van der Waals surface area contributed by atoms with Crippen molar-refractivity contribution in [2.75, 3.05) is 0 Å². The minimum atomic E-state index is 0.00165. The number of hydrogen-bond donors (Lipinski definition) is 1. The van der Waals surface area contributed by atoms with Crippen LogP contribution in [0.3, 0.4) is 0 Å². The van der Waals surface area contributed by atoms with Crippen molar-refractivity contribution in [3.63, 3.8) is 0 Å². The van der Waals surface area contributed by atoms with E-state index in [4.69, 9.17) is 0 Å². The molecule has 3 nitrogen and oxygen atoms in total. The number of hydrogen-bond acceptors (Lipinski definition) is 2. The molecule has 0 unspecified atom stereocenters. The summed E-state index contributed by atoms with van der Waals surface area (Å²) in [6, 6.07) is 14.1. The summed E-state index contributed by atoms with van der Waals surface area (Å²) in [5.74, 6) is 0.488. The minimum Gasteiger partial charge on any atom is -0.349 e. The number of carbonyl (C=O) groups is 2. The molecule has 1 amide bonds. The number of ketones is 1. The molecule has 4 rings (SSSR count). The maximum absolute atomic E-state index is 12.6. The van der Waals surface area contributed by atoms with Gasteiger partial charge >= 0.3 is 0 Å². The number of aryl methyl sites for hydroxylation is 1. The molecule has 0 aliphatic heterocycles. The molecule has 0 radical (unpaired) electrons. The number of Topliss-reactive ketones (excluding diaryl/α,β-unsaturated/α-hetero) is 1. The Balaban J connectivity index is 1.56. The zero-order valence-electron chi connectivity index (χ0n) is 15.3. The average molecular weight is 347 g/mol. The molecule has 2 aliphatic carbocycles. The van der Waals surface area contributed by atoms with Gasteiger partial charge in [0.2, 0.25) is 0 Å². The Labute approximate surface area is 154 Å². The summed E-state index contributed by atoms with van der Waals surface area (Å²) in [5.41, 5.74) is 4.73. The van der Waals surface area contributed by atoms with E-state index >= 15 is 0 Å². The fourth-order valence-corrected chi connectivity index (χ4v) is 3.81. The van der Waals surface area contributed by atoms with Crippen molar-refractivity contribution >= 4 is 11.7 Å². The number of nitrogens with one attached hydrogen (secondary N) is 1. The quantitative estimate of drug-likeness (QED) is 0.780. The first-order chi connectivity index (χ1) is 12.6. The highest BCUT2D eigenvalue weighted by Gasteiger charge is 2.25. The van der Waals surface area contributed by atoms with Gasteiger partial charge in [0, 0.05) is 23.1 Å². The molecule has 1 N–H and O–H groups in total. The molecule has 134 valence electrons. The topological polar surface area (TPSA) is 46.2 Å². The Morgan fingerprint density at radius 3 is 2.19 bits per heavy atom. The van der Waals surface area contributed by atoms with Gasteiger partial charge in [-0.05, 0) is 61.4 Å². The van der Waals surface area contributed by atoms with E-state index in [1.165, 1.54) is 12.8 Å². The molecule has 2 aromatic rings. The van der Waals surface area contributed by atoms with Gasteiger partial charge in [0.1, 0.15) is 0 Å². The summed E-state index contributed by atoms with van der Waals surface area (Å²) in [6.07, 6.45) is 6.56. The molecule has 0 spiro atoms. The zero-order chi connectivity index (χ0) is 18.1. The standard InChI is InChI=1S/C23H25NO2/c1-15-6-7-19(23(26)24-20-12-13-20)14-21(15)16-8-10-18(11-9-16)22(25)17-4-2-3-5-17/h6-11,14,17,20H,2-5,12-13H2,1H3,(H,24,26). The fourth-order valence-electron chi connectivity index (χ4n) is 3.81. The van der Waals surface area contributed by atoms with Crippen LogP contribution in [-0.4, -0.2) is 17.7 Å². The van der Waals surface area contributed by atoms with E-state index in [-0.39, 0.29) is 17.6 Å². The molecular formula is C23H25NO2. The lowest BCUT2D eigenvalue weighted by molar-refractivity contribution is 0.0921. The van der Waals surface area contributed by atoms with Gasteiger partial charge in [-0.3, -0.25) is 9.59 Å². The first kappa shape index (κ1) is 17.0. The van der Waals surface area contributed by atoms with Crippen molar-refractivity contribution < 1.29 is 9.59 Å². The second-order valence-corrected chi connectivity index (χ2v) is 7.70. The summed E-state index contributed by atoms with van der Waals surface area (Å²) in [6.45, 7) is 2.05. The number of amides is 1. The highest BCUT2D eigenvalue weighted by Crippen LogP contribution is 2.30. The number of benzene rings is 2. The van der Waals surface area contributed by atoms with E-state index < -0.39 is 0 Å². The van der Waals surface area contributed by atoms with Crippen molar-refractivity contribution in [3.05, 3.63) is 59.2 Å². The molecule has 2 aromatic carbocycles. The molecule has 0 aromatic heterocycles. The highest BCUT2D eigenvalue weighted by molar-refractivity contribution is 5.99. The Hall–Kier alpha value is -2.42. The van der Waals surface area contributed by atoms with E-state index in [1.807, 2.05) is 42.5 Å². The third kappa shape index (κ3) is 3.57. The summed E-state index contributed by atoms with van der Waals surface area (Å²) >= 11 is 0. The minimum absolute atomic E-state index is 0.00165. The van der Waals surface area contributed by atoms with Gasteiger partial charge in [-0.1, -0.05) is 43.2 Å². The second kappa shape index (κ2) is 7.06. The lowest BCUT2D eigenvalue weighted by atomic mass is 9.93.